The minimum atomic E-state index is -0.120. The quantitative estimate of drug-likeness (QED) is 0.691. The summed E-state index contributed by atoms with van der Waals surface area (Å²) in [6.45, 7) is -0.120. The highest BCUT2D eigenvalue weighted by molar-refractivity contribution is 8.00. The van der Waals surface area contributed by atoms with E-state index in [2.05, 4.69) is 23.3 Å². The fourth-order valence-electron chi connectivity index (χ4n) is 1.61. The SMILES string of the molecule is COc1ccc(C#CCO)cc1CSc1cccs1. The van der Waals surface area contributed by atoms with E-state index in [1.54, 1.807) is 30.2 Å². The molecule has 0 radical (unpaired) electrons. The normalized spacial score (nSPS) is 9.79. The zero-order valence-electron chi connectivity index (χ0n) is 10.6. The van der Waals surface area contributed by atoms with Gasteiger partial charge in [0.15, 0.2) is 0 Å². The lowest BCUT2D eigenvalue weighted by molar-refractivity contribution is 0.350. The van der Waals surface area contributed by atoms with E-state index in [1.807, 2.05) is 24.3 Å². The van der Waals surface area contributed by atoms with Crippen molar-refractivity contribution >= 4 is 23.1 Å². The first kappa shape index (κ1) is 14.0. The summed E-state index contributed by atoms with van der Waals surface area (Å²) in [4.78, 5) is 0. The second kappa shape index (κ2) is 7.25. The Labute approximate surface area is 121 Å². The molecule has 0 spiro atoms. The molecule has 0 aliphatic carbocycles. The maximum Gasteiger partial charge on any atom is 0.122 e. The molecule has 0 fully saturated rings. The molecule has 0 unspecified atom stereocenters. The number of benzene rings is 1. The van der Waals surface area contributed by atoms with Gasteiger partial charge in [-0.3, -0.25) is 0 Å². The number of hydrogen-bond donors (Lipinski definition) is 1. The molecule has 1 heterocycles. The third-order valence-corrected chi connectivity index (χ3v) is 4.64. The molecule has 0 aliphatic heterocycles. The highest BCUT2D eigenvalue weighted by Gasteiger charge is 2.05. The van der Waals surface area contributed by atoms with Crippen molar-refractivity contribution in [2.24, 2.45) is 0 Å². The van der Waals surface area contributed by atoms with Crippen molar-refractivity contribution in [3.8, 4) is 17.6 Å². The Morgan fingerprint density at radius 3 is 2.95 bits per heavy atom. The summed E-state index contributed by atoms with van der Waals surface area (Å²) in [5, 5.41) is 10.8. The van der Waals surface area contributed by atoms with Crippen molar-refractivity contribution in [3.63, 3.8) is 0 Å². The zero-order chi connectivity index (χ0) is 13.5. The molecule has 2 rings (SSSR count). The van der Waals surface area contributed by atoms with Gasteiger partial charge in [0.1, 0.15) is 12.4 Å². The first-order valence-corrected chi connectivity index (χ1v) is 7.63. The summed E-state index contributed by atoms with van der Waals surface area (Å²) in [6, 6.07) is 10.00. The molecule has 0 saturated heterocycles. The molecular formula is C15H14O2S2. The van der Waals surface area contributed by atoms with Gasteiger partial charge in [-0.25, -0.2) is 0 Å². The molecule has 0 atom stereocenters. The Morgan fingerprint density at radius 1 is 1.37 bits per heavy atom. The Bertz CT molecular complexity index is 580. The van der Waals surface area contributed by atoms with E-state index in [0.29, 0.717) is 0 Å². The van der Waals surface area contributed by atoms with Gasteiger partial charge in [-0.15, -0.1) is 23.1 Å². The zero-order valence-corrected chi connectivity index (χ0v) is 12.2. The second-order valence-electron chi connectivity index (χ2n) is 3.71. The average Bonchev–Trinajstić information content (AvgIpc) is 2.96. The molecule has 0 aliphatic rings. The third-order valence-electron chi connectivity index (χ3n) is 2.46. The van der Waals surface area contributed by atoms with Crippen LogP contribution in [0, 0.1) is 11.8 Å². The van der Waals surface area contributed by atoms with Crippen LogP contribution in [-0.2, 0) is 5.75 Å². The van der Waals surface area contributed by atoms with Gasteiger partial charge in [-0.05, 0) is 29.6 Å². The molecule has 0 bridgehead atoms. The minimum absolute atomic E-state index is 0.120. The predicted molar refractivity (Wildman–Crippen MR) is 80.8 cm³/mol. The number of aliphatic hydroxyl groups excluding tert-OH is 1. The van der Waals surface area contributed by atoms with Crippen molar-refractivity contribution in [3.05, 3.63) is 46.8 Å². The van der Waals surface area contributed by atoms with E-state index in [4.69, 9.17) is 9.84 Å². The van der Waals surface area contributed by atoms with Gasteiger partial charge in [0.05, 0.1) is 11.3 Å². The molecule has 19 heavy (non-hydrogen) atoms. The van der Waals surface area contributed by atoms with Crippen LogP contribution in [0.5, 0.6) is 5.75 Å². The van der Waals surface area contributed by atoms with Gasteiger partial charge in [0, 0.05) is 16.9 Å². The smallest absolute Gasteiger partial charge is 0.122 e. The van der Waals surface area contributed by atoms with Gasteiger partial charge in [-0.2, -0.15) is 0 Å². The maximum absolute atomic E-state index is 8.72. The summed E-state index contributed by atoms with van der Waals surface area (Å²) >= 11 is 3.52. The summed E-state index contributed by atoms with van der Waals surface area (Å²) in [7, 11) is 1.67. The molecule has 98 valence electrons. The summed E-state index contributed by atoms with van der Waals surface area (Å²) < 4.78 is 6.65. The summed E-state index contributed by atoms with van der Waals surface area (Å²) in [5.41, 5.74) is 2.02. The number of ether oxygens (including phenoxy) is 1. The van der Waals surface area contributed by atoms with E-state index >= 15 is 0 Å². The van der Waals surface area contributed by atoms with E-state index in [-0.39, 0.29) is 6.61 Å². The van der Waals surface area contributed by atoms with Crippen molar-refractivity contribution in [1.82, 2.24) is 0 Å². The predicted octanol–water partition coefficient (Wildman–Crippen LogP) is 3.39. The molecule has 0 amide bonds. The Hall–Kier alpha value is -1.41. The number of thiophene rings is 1. The minimum Gasteiger partial charge on any atom is -0.496 e. The third kappa shape index (κ3) is 4.03. The van der Waals surface area contributed by atoms with Crippen molar-refractivity contribution in [2.45, 2.75) is 9.96 Å². The second-order valence-corrected chi connectivity index (χ2v) is 5.93. The number of hydrogen-bond acceptors (Lipinski definition) is 4. The molecule has 1 aromatic heterocycles. The van der Waals surface area contributed by atoms with Crippen LogP contribution in [0.3, 0.4) is 0 Å². The first-order valence-electron chi connectivity index (χ1n) is 5.76. The van der Waals surface area contributed by atoms with Gasteiger partial charge in [0.25, 0.3) is 0 Å². The molecule has 0 saturated carbocycles. The molecule has 4 heteroatoms. The van der Waals surface area contributed by atoms with Gasteiger partial charge >= 0.3 is 0 Å². The fraction of sp³-hybridized carbons (Fsp3) is 0.200. The standard InChI is InChI=1S/C15H14O2S2/c1-17-14-7-6-12(4-2-8-16)10-13(14)11-19-15-5-3-9-18-15/h3,5-7,9-10,16H,8,11H2,1H3. The number of rotatable bonds is 4. The van der Waals surface area contributed by atoms with E-state index < -0.39 is 0 Å². The van der Waals surface area contributed by atoms with Gasteiger partial charge < -0.3 is 9.84 Å². The van der Waals surface area contributed by atoms with Crippen LogP contribution in [0.15, 0.2) is 39.9 Å². The van der Waals surface area contributed by atoms with Crippen molar-refractivity contribution in [1.29, 1.82) is 0 Å². The monoisotopic (exact) mass is 290 g/mol. The van der Waals surface area contributed by atoms with Crippen LogP contribution in [0.4, 0.5) is 0 Å². The van der Waals surface area contributed by atoms with Crippen LogP contribution >= 0.6 is 23.1 Å². The number of methoxy groups -OCH3 is 1. The van der Waals surface area contributed by atoms with Crippen LogP contribution in [0.1, 0.15) is 11.1 Å². The average molecular weight is 290 g/mol. The van der Waals surface area contributed by atoms with Crippen molar-refractivity contribution < 1.29 is 9.84 Å². The topological polar surface area (TPSA) is 29.5 Å². The van der Waals surface area contributed by atoms with E-state index in [9.17, 15) is 0 Å². The highest BCUT2D eigenvalue weighted by atomic mass is 32.2. The molecular weight excluding hydrogens is 276 g/mol. The largest absolute Gasteiger partial charge is 0.496 e. The number of thioether (sulfide) groups is 1. The molecule has 2 aromatic rings. The Balaban J connectivity index is 2.16. The van der Waals surface area contributed by atoms with E-state index in [1.165, 1.54) is 4.21 Å². The fourth-order valence-corrected chi connectivity index (χ4v) is 3.37. The van der Waals surface area contributed by atoms with Crippen LogP contribution in [0.25, 0.3) is 0 Å². The van der Waals surface area contributed by atoms with Crippen LogP contribution < -0.4 is 4.74 Å². The highest BCUT2D eigenvalue weighted by Crippen LogP contribution is 2.31. The van der Waals surface area contributed by atoms with E-state index in [0.717, 1.165) is 22.6 Å². The first-order chi connectivity index (χ1) is 9.33. The summed E-state index contributed by atoms with van der Waals surface area (Å²) in [5.74, 6) is 7.30. The van der Waals surface area contributed by atoms with Gasteiger partial charge in [-0.1, -0.05) is 17.9 Å². The Kier molecular flexibility index (Phi) is 5.34. The van der Waals surface area contributed by atoms with Crippen LogP contribution in [0.2, 0.25) is 0 Å². The maximum atomic E-state index is 8.72. The van der Waals surface area contributed by atoms with Crippen molar-refractivity contribution in [2.75, 3.05) is 13.7 Å². The molecule has 2 nitrogen and oxygen atoms in total. The lowest BCUT2D eigenvalue weighted by Crippen LogP contribution is -1.91. The molecule has 1 aromatic carbocycles. The van der Waals surface area contributed by atoms with Crippen LogP contribution in [-0.4, -0.2) is 18.8 Å². The number of aliphatic hydroxyl groups is 1. The van der Waals surface area contributed by atoms with Gasteiger partial charge in [0.2, 0.25) is 0 Å². The lowest BCUT2D eigenvalue weighted by atomic mass is 10.1. The lowest BCUT2D eigenvalue weighted by Gasteiger charge is -2.08. The Morgan fingerprint density at radius 2 is 2.26 bits per heavy atom. The molecule has 1 N–H and O–H groups in total. The summed E-state index contributed by atoms with van der Waals surface area (Å²) in [6.07, 6.45) is 0.